The van der Waals surface area contributed by atoms with Crippen LogP contribution in [0.4, 0.5) is 0 Å². The van der Waals surface area contributed by atoms with Crippen LogP contribution in [0, 0.1) is 5.41 Å². The Labute approximate surface area is 85.1 Å². The molecular weight excluding hydrogens is 178 g/mol. The van der Waals surface area contributed by atoms with E-state index in [0.29, 0.717) is 5.41 Å². The predicted octanol–water partition coefficient (Wildman–Crippen LogP) is 1.16. The van der Waals surface area contributed by atoms with Crippen molar-refractivity contribution in [2.24, 2.45) is 5.41 Å². The van der Waals surface area contributed by atoms with Gasteiger partial charge in [-0.15, -0.1) is 0 Å². The SMILES string of the molecule is CC(=O)N1CC2(CCC(C)(O)CC2)C1. The molecule has 1 saturated heterocycles. The van der Waals surface area contributed by atoms with Crippen LogP contribution >= 0.6 is 0 Å². The third kappa shape index (κ3) is 1.65. The molecule has 3 heteroatoms. The van der Waals surface area contributed by atoms with E-state index in [1.54, 1.807) is 6.92 Å². The number of nitrogens with zero attached hydrogens (tertiary/aromatic N) is 1. The Balaban J connectivity index is 1.89. The largest absolute Gasteiger partial charge is 0.390 e. The van der Waals surface area contributed by atoms with Gasteiger partial charge in [0.15, 0.2) is 0 Å². The summed E-state index contributed by atoms with van der Waals surface area (Å²) in [7, 11) is 0. The molecule has 1 spiro atoms. The summed E-state index contributed by atoms with van der Waals surface area (Å²) < 4.78 is 0. The van der Waals surface area contributed by atoms with E-state index in [9.17, 15) is 9.90 Å². The lowest BCUT2D eigenvalue weighted by Gasteiger charge is -2.54. The molecule has 0 aromatic rings. The Morgan fingerprint density at radius 3 is 2.14 bits per heavy atom. The van der Waals surface area contributed by atoms with Crippen molar-refractivity contribution in [2.75, 3.05) is 13.1 Å². The van der Waals surface area contributed by atoms with Crippen LogP contribution in [0.2, 0.25) is 0 Å². The van der Waals surface area contributed by atoms with Crippen molar-refractivity contribution in [1.29, 1.82) is 0 Å². The van der Waals surface area contributed by atoms with Crippen molar-refractivity contribution in [1.82, 2.24) is 4.90 Å². The zero-order chi connectivity index (χ0) is 10.4. The van der Waals surface area contributed by atoms with E-state index in [2.05, 4.69) is 0 Å². The average Bonchev–Trinajstić information content (AvgIpc) is 2.00. The van der Waals surface area contributed by atoms with Gasteiger partial charge in [0.2, 0.25) is 5.91 Å². The quantitative estimate of drug-likeness (QED) is 0.633. The zero-order valence-corrected chi connectivity index (χ0v) is 9.05. The van der Waals surface area contributed by atoms with Crippen LogP contribution < -0.4 is 0 Å². The number of carbonyl (C=O) groups excluding carboxylic acids is 1. The highest BCUT2D eigenvalue weighted by molar-refractivity contribution is 5.74. The van der Waals surface area contributed by atoms with Gasteiger partial charge in [-0.1, -0.05) is 0 Å². The second-order valence-corrected chi connectivity index (χ2v) is 5.37. The number of hydrogen-bond donors (Lipinski definition) is 1. The highest BCUT2D eigenvalue weighted by atomic mass is 16.3. The minimum atomic E-state index is -0.456. The molecule has 1 amide bonds. The van der Waals surface area contributed by atoms with Gasteiger partial charge in [-0.3, -0.25) is 4.79 Å². The van der Waals surface area contributed by atoms with Crippen molar-refractivity contribution in [3.8, 4) is 0 Å². The second-order valence-electron chi connectivity index (χ2n) is 5.37. The monoisotopic (exact) mass is 197 g/mol. The Kier molecular flexibility index (Phi) is 2.11. The first-order chi connectivity index (χ1) is 6.43. The first-order valence-corrected chi connectivity index (χ1v) is 5.41. The number of carbonyl (C=O) groups is 1. The molecule has 0 bridgehead atoms. The maximum Gasteiger partial charge on any atom is 0.219 e. The lowest BCUT2D eigenvalue weighted by molar-refractivity contribution is -0.147. The molecular formula is C11H19NO2. The Morgan fingerprint density at radius 1 is 1.21 bits per heavy atom. The van der Waals surface area contributed by atoms with E-state index in [0.717, 1.165) is 38.8 Å². The van der Waals surface area contributed by atoms with E-state index in [1.165, 1.54) is 0 Å². The van der Waals surface area contributed by atoms with E-state index in [-0.39, 0.29) is 5.91 Å². The van der Waals surface area contributed by atoms with Crippen LogP contribution in [-0.4, -0.2) is 34.6 Å². The molecule has 0 aromatic carbocycles. The van der Waals surface area contributed by atoms with E-state index < -0.39 is 5.60 Å². The average molecular weight is 197 g/mol. The molecule has 2 rings (SSSR count). The molecule has 0 radical (unpaired) electrons. The van der Waals surface area contributed by atoms with Gasteiger partial charge in [-0.25, -0.2) is 0 Å². The van der Waals surface area contributed by atoms with Crippen molar-refractivity contribution in [2.45, 2.75) is 45.1 Å². The molecule has 2 fully saturated rings. The standard InChI is InChI=1S/C11H19NO2/c1-9(13)12-7-11(8-12)5-3-10(2,14)4-6-11/h14H,3-8H2,1-2H3. The second kappa shape index (κ2) is 2.96. The molecule has 0 aromatic heterocycles. The molecule has 1 heterocycles. The smallest absolute Gasteiger partial charge is 0.219 e. The molecule has 1 aliphatic carbocycles. The Bertz CT molecular complexity index is 242. The Morgan fingerprint density at radius 2 is 1.71 bits per heavy atom. The van der Waals surface area contributed by atoms with Gasteiger partial charge in [0, 0.05) is 25.4 Å². The first kappa shape index (κ1) is 9.97. The lowest BCUT2D eigenvalue weighted by atomic mass is 9.65. The van der Waals surface area contributed by atoms with Gasteiger partial charge < -0.3 is 10.0 Å². The molecule has 1 N–H and O–H groups in total. The number of hydrogen-bond acceptors (Lipinski definition) is 2. The number of aliphatic hydroxyl groups is 1. The van der Waals surface area contributed by atoms with Crippen LogP contribution in [0.1, 0.15) is 39.5 Å². The van der Waals surface area contributed by atoms with Crippen molar-refractivity contribution < 1.29 is 9.90 Å². The van der Waals surface area contributed by atoms with Crippen LogP contribution in [0.25, 0.3) is 0 Å². The summed E-state index contributed by atoms with van der Waals surface area (Å²) in [6, 6.07) is 0. The summed E-state index contributed by atoms with van der Waals surface area (Å²) in [5, 5.41) is 9.82. The normalized spacial score (nSPS) is 28.6. The third-order valence-electron chi connectivity index (χ3n) is 3.89. The fourth-order valence-electron chi connectivity index (χ4n) is 2.62. The summed E-state index contributed by atoms with van der Waals surface area (Å²) in [6.07, 6.45) is 3.92. The minimum absolute atomic E-state index is 0.188. The zero-order valence-electron chi connectivity index (χ0n) is 9.05. The first-order valence-electron chi connectivity index (χ1n) is 5.41. The third-order valence-corrected chi connectivity index (χ3v) is 3.89. The van der Waals surface area contributed by atoms with E-state index in [1.807, 2.05) is 11.8 Å². The molecule has 2 aliphatic rings. The maximum absolute atomic E-state index is 11.1. The molecule has 1 saturated carbocycles. The molecule has 0 unspecified atom stereocenters. The van der Waals surface area contributed by atoms with Crippen LogP contribution in [0.15, 0.2) is 0 Å². The highest BCUT2D eigenvalue weighted by Gasteiger charge is 2.47. The molecule has 80 valence electrons. The predicted molar refractivity (Wildman–Crippen MR) is 53.8 cm³/mol. The van der Waals surface area contributed by atoms with E-state index >= 15 is 0 Å². The summed E-state index contributed by atoms with van der Waals surface area (Å²) in [5.41, 5.74) is -0.101. The fraction of sp³-hybridized carbons (Fsp3) is 0.909. The van der Waals surface area contributed by atoms with Gasteiger partial charge in [-0.2, -0.15) is 0 Å². The van der Waals surface area contributed by atoms with Gasteiger partial charge in [-0.05, 0) is 32.6 Å². The van der Waals surface area contributed by atoms with Crippen molar-refractivity contribution in [3.63, 3.8) is 0 Å². The number of rotatable bonds is 0. The van der Waals surface area contributed by atoms with E-state index in [4.69, 9.17) is 0 Å². The van der Waals surface area contributed by atoms with Gasteiger partial charge in [0.05, 0.1) is 5.60 Å². The minimum Gasteiger partial charge on any atom is -0.390 e. The van der Waals surface area contributed by atoms with Crippen molar-refractivity contribution in [3.05, 3.63) is 0 Å². The van der Waals surface area contributed by atoms with Crippen molar-refractivity contribution >= 4 is 5.91 Å². The van der Waals surface area contributed by atoms with Gasteiger partial charge in [0.25, 0.3) is 0 Å². The van der Waals surface area contributed by atoms with Crippen LogP contribution in [-0.2, 0) is 4.79 Å². The summed E-state index contributed by atoms with van der Waals surface area (Å²) in [5.74, 6) is 0.188. The number of likely N-dealkylation sites (tertiary alicyclic amines) is 1. The number of amides is 1. The highest BCUT2D eigenvalue weighted by Crippen LogP contribution is 2.46. The summed E-state index contributed by atoms with van der Waals surface area (Å²) in [4.78, 5) is 13.0. The molecule has 1 aliphatic heterocycles. The fourth-order valence-corrected chi connectivity index (χ4v) is 2.62. The summed E-state index contributed by atoms with van der Waals surface area (Å²) in [6.45, 7) is 5.38. The van der Waals surface area contributed by atoms with Gasteiger partial charge in [0.1, 0.15) is 0 Å². The molecule has 3 nitrogen and oxygen atoms in total. The van der Waals surface area contributed by atoms with Crippen LogP contribution in [0.3, 0.4) is 0 Å². The topological polar surface area (TPSA) is 40.5 Å². The Hall–Kier alpha value is -0.570. The summed E-state index contributed by atoms with van der Waals surface area (Å²) >= 11 is 0. The van der Waals surface area contributed by atoms with Gasteiger partial charge >= 0.3 is 0 Å². The lowest BCUT2D eigenvalue weighted by Crippen LogP contribution is -2.60. The molecule has 14 heavy (non-hydrogen) atoms. The maximum atomic E-state index is 11.1. The van der Waals surface area contributed by atoms with Crippen LogP contribution in [0.5, 0.6) is 0 Å². The molecule has 0 atom stereocenters.